The molecule has 2 aromatic heterocycles. The smallest absolute Gasteiger partial charge is 0.322 e. The zero-order valence-corrected chi connectivity index (χ0v) is 12.1. The van der Waals surface area contributed by atoms with Gasteiger partial charge in [-0.3, -0.25) is 0 Å². The highest BCUT2D eigenvalue weighted by molar-refractivity contribution is 7.09. The third-order valence-electron chi connectivity index (χ3n) is 2.41. The number of methoxy groups -OCH3 is 1. The first kappa shape index (κ1) is 13.5. The molecule has 0 spiro atoms. The number of nitrogens with one attached hydrogen (secondary N) is 2. The fraction of sp³-hybridized carbons (Fsp3) is 0.455. The van der Waals surface area contributed by atoms with Gasteiger partial charge in [-0.25, -0.2) is 4.98 Å². The number of hydrogen-bond donors (Lipinski definition) is 2. The van der Waals surface area contributed by atoms with Gasteiger partial charge in [-0.1, -0.05) is 0 Å². The summed E-state index contributed by atoms with van der Waals surface area (Å²) in [5.41, 5.74) is -0.370. The van der Waals surface area contributed by atoms with Crippen LogP contribution in [0.5, 0.6) is 6.01 Å². The molecule has 8 heteroatoms. The van der Waals surface area contributed by atoms with Gasteiger partial charge >= 0.3 is 6.01 Å². The molecule has 2 aromatic rings. The molecule has 0 bridgehead atoms. The monoisotopic (exact) mass is 280 g/mol. The largest absolute Gasteiger partial charge is 0.467 e. The van der Waals surface area contributed by atoms with E-state index in [0.29, 0.717) is 11.9 Å². The first-order chi connectivity index (χ1) is 9.05. The van der Waals surface area contributed by atoms with E-state index in [1.807, 2.05) is 19.2 Å². The first-order valence-electron chi connectivity index (χ1n) is 5.71. The topological polar surface area (TPSA) is 84.9 Å². The molecule has 0 radical (unpaired) electrons. The molecule has 2 heterocycles. The van der Waals surface area contributed by atoms with E-state index in [1.54, 1.807) is 24.6 Å². The van der Waals surface area contributed by atoms with Crippen LogP contribution >= 0.6 is 11.3 Å². The van der Waals surface area contributed by atoms with Crippen molar-refractivity contribution in [3.63, 3.8) is 0 Å². The number of ether oxygens (including phenoxy) is 1. The summed E-state index contributed by atoms with van der Waals surface area (Å²) in [5.74, 6) is 0.890. The molecule has 0 unspecified atom stereocenters. The molecule has 19 heavy (non-hydrogen) atoms. The third-order valence-corrected chi connectivity index (χ3v) is 3.51. The summed E-state index contributed by atoms with van der Waals surface area (Å²) >= 11 is 1.58. The van der Waals surface area contributed by atoms with Crippen molar-refractivity contribution < 1.29 is 4.74 Å². The Labute approximate surface area is 115 Å². The van der Waals surface area contributed by atoms with Gasteiger partial charge in [0.2, 0.25) is 11.9 Å². The van der Waals surface area contributed by atoms with E-state index in [1.165, 1.54) is 7.11 Å². The molecule has 102 valence electrons. The Hall–Kier alpha value is -1.96. The van der Waals surface area contributed by atoms with Crippen LogP contribution in [0.25, 0.3) is 0 Å². The summed E-state index contributed by atoms with van der Waals surface area (Å²) in [6.07, 6.45) is 1.77. The van der Waals surface area contributed by atoms with E-state index in [4.69, 9.17) is 4.74 Å². The molecule has 0 saturated heterocycles. The van der Waals surface area contributed by atoms with Gasteiger partial charge in [0.25, 0.3) is 0 Å². The lowest BCUT2D eigenvalue weighted by molar-refractivity contribution is 0.379. The van der Waals surface area contributed by atoms with E-state index < -0.39 is 0 Å². The third kappa shape index (κ3) is 3.08. The number of aromatic nitrogens is 4. The van der Waals surface area contributed by atoms with Gasteiger partial charge in [-0.05, 0) is 13.8 Å². The fourth-order valence-corrected chi connectivity index (χ4v) is 2.20. The minimum Gasteiger partial charge on any atom is -0.467 e. The summed E-state index contributed by atoms with van der Waals surface area (Å²) in [6, 6.07) is 0.261. The summed E-state index contributed by atoms with van der Waals surface area (Å²) in [5, 5.41) is 9.00. The van der Waals surface area contributed by atoms with Gasteiger partial charge in [0, 0.05) is 18.6 Å². The highest BCUT2D eigenvalue weighted by Gasteiger charge is 2.24. The molecular weight excluding hydrogens is 264 g/mol. The minimum atomic E-state index is -0.370. The predicted molar refractivity (Wildman–Crippen MR) is 74.7 cm³/mol. The lowest BCUT2D eigenvalue weighted by Crippen LogP contribution is -2.29. The average Bonchev–Trinajstić information content (AvgIpc) is 2.92. The van der Waals surface area contributed by atoms with Crippen molar-refractivity contribution in [2.75, 3.05) is 24.8 Å². The Balaban J connectivity index is 2.27. The zero-order chi connectivity index (χ0) is 13.9. The minimum absolute atomic E-state index is 0.261. The summed E-state index contributed by atoms with van der Waals surface area (Å²) in [6.45, 7) is 4.03. The normalized spacial score (nSPS) is 11.2. The summed E-state index contributed by atoms with van der Waals surface area (Å²) < 4.78 is 5.05. The predicted octanol–water partition coefficient (Wildman–Crippen LogP) is 1.73. The van der Waals surface area contributed by atoms with Gasteiger partial charge < -0.3 is 15.4 Å². The number of anilines is 2. The van der Waals surface area contributed by atoms with E-state index in [9.17, 15) is 0 Å². The van der Waals surface area contributed by atoms with Crippen molar-refractivity contribution in [2.24, 2.45) is 0 Å². The van der Waals surface area contributed by atoms with Crippen molar-refractivity contribution in [2.45, 2.75) is 19.4 Å². The maximum Gasteiger partial charge on any atom is 0.322 e. The van der Waals surface area contributed by atoms with Crippen LogP contribution in [-0.4, -0.2) is 34.1 Å². The molecule has 7 nitrogen and oxygen atoms in total. The molecular formula is C11H16N6OS. The number of rotatable bonds is 5. The second kappa shape index (κ2) is 5.35. The lowest BCUT2D eigenvalue weighted by Gasteiger charge is -2.23. The molecule has 0 aliphatic rings. The Morgan fingerprint density at radius 3 is 2.53 bits per heavy atom. The SMILES string of the molecule is CNc1nc(NC(C)(C)c2nccs2)nc(OC)n1. The van der Waals surface area contributed by atoms with Crippen LogP contribution in [0.15, 0.2) is 11.6 Å². The van der Waals surface area contributed by atoms with Gasteiger partial charge in [0.1, 0.15) is 5.01 Å². The van der Waals surface area contributed by atoms with E-state index in [-0.39, 0.29) is 11.5 Å². The number of thiazole rings is 1. The Bertz CT molecular complexity index is 520. The molecule has 0 aromatic carbocycles. The molecule has 0 saturated carbocycles. The Kier molecular flexibility index (Phi) is 3.79. The Morgan fingerprint density at radius 2 is 1.95 bits per heavy atom. The van der Waals surface area contributed by atoms with Crippen LogP contribution in [0.4, 0.5) is 11.9 Å². The molecule has 0 amide bonds. The second-order valence-electron chi connectivity index (χ2n) is 4.31. The lowest BCUT2D eigenvalue weighted by atomic mass is 10.1. The van der Waals surface area contributed by atoms with Crippen molar-refractivity contribution in [1.82, 2.24) is 19.9 Å². The van der Waals surface area contributed by atoms with Crippen LogP contribution in [0.1, 0.15) is 18.9 Å². The highest BCUT2D eigenvalue weighted by atomic mass is 32.1. The number of nitrogens with zero attached hydrogens (tertiary/aromatic N) is 4. The van der Waals surface area contributed by atoms with Crippen LogP contribution in [0.2, 0.25) is 0 Å². The highest BCUT2D eigenvalue weighted by Crippen LogP contribution is 2.26. The van der Waals surface area contributed by atoms with Gasteiger partial charge in [0.15, 0.2) is 0 Å². The van der Waals surface area contributed by atoms with Crippen molar-refractivity contribution >= 4 is 23.2 Å². The maximum absolute atomic E-state index is 5.05. The molecule has 2 rings (SSSR count). The summed E-state index contributed by atoms with van der Waals surface area (Å²) in [4.78, 5) is 16.8. The van der Waals surface area contributed by atoms with E-state index in [2.05, 4.69) is 30.6 Å². The Morgan fingerprint density at radius 1 is 1.21 bits per heavy atom. The van der Waals surface area contributed by atoms with Gasteiger partial charge in [-0.2, -0.15) is 15.0 Å². The molecule has 0 atom stereocenters. The maximum atomic E-state index is 5.05. The van der Waals surface area contributed by atoms with Crippen molar-refractivity contribution in [3.05, 3.63) is 16.6 Å². The van der Waals surface area contributed by atoms with E-state index >= 15 is 0 Å². The van der Waals surface area contributed by atoms with Crippen LogP contribution < -0.4 is 15.4 Å². The standard InChI is InChI=1S/C11H16N6OS/c1-11(2,7-13-5-6-19-7)17-9-14-8(12-3)15-10(16-9)18-4/h5-6H,1-4H3,(H2,12,14,15,16,17). The molecule has 0 aliphatic carbocycles. The summed E-state index contributed by atoms with van der Waals surface area (Å²) in [7, 11) is 3.26. The molecule has 0 aliphatic heterocycles. The first-order valence-corrected chi connectivity index (χ1v) is 6.59. The quantitative estimate of drug-likeness (QED) is 0.862. The van der Waals surface area contributed by atoms with E-state index in [0.717, 1.165) is 5.01 Å². The van der Waals surface area contributed by atoms with Gasteiger partial charge in [0.05, 0.1) is 12.6 Å². The average molecular weight is 280 g/mol. The van der Waals surface area contributed by atoms with Crippen LogP contribution in [0.3, 0.4) is 0 Å². The van der Waals surface area contributed by atoms with Crippen LogP contribution in [-0.2, 0) is 5.54 Å². The second-order valence-corrected chi connectivity index (χ2v) is 5.20. The molecule has 0 fully saturated rings. The van der Waals surface area contributed by atoms with Crippen molar-refractivity contribution in [3.8, 4) is 6.01 Å². The van der Waals surface area contributed by atoms with Crippen LogP contribution in [0, 0.1) is 0 Å². The number of hydrogen-bond acceptors (Lipinski definition) is 8. The van der Waals surface area contributed by atoms with Gasteiger partial charge in [-0.15, -0.1) is 11.3 Å². The molecule has 2 N–H and O–H groups in total. The fourth-order valence-electron chi connectivity index (χ4n) is 1.48. The zero-order valence-electron chi connectivity index (χ0n) is 11.3. The van der Waals surface area contributed by atoms with Crippen molar-refractivity contribution in [1.29, 1.82) is 0 Å².